The van der Waals surface area contributed by atoms with Crippen LogP contribution in [0.25, 0.3) is 0 Å². The van der Waals surface area contributed by atoms with Crippen LogP contribution in [-0.4, -0.2) is 31.1 Å². The zero-order chi connectivity index (χ0) is 14.7. The average molecular weight is 320 g/mol. The molecule has 1 saturated heterocycles. The second-order valence-corrected chi connectivity index (χ2v) is 6.09. The van der Waals surface area contributed by atoms with Gasteiger partial charge in [0.05, 0.1) is 6.04 Å². The van der Waals surface area contributed by atoms with E-state index in [2.05, 4.69) is 34.5 Å². The Bertz CT molecular complexity index is 529. The molecular formula is C17H17Cl2N2. The lowest BCUT2D eigenvalue weighted by Gasteiger charge is -2.35. The van der Waals surface area contributed by atoms with E-state index in [1.54, 1.807) is 0 Å². The minimum Gasteiger partial charge on any atom is -0.290 e. The molecule has 0 amide bonds. The highest BCUT2D eigenvalue weighted by Gasteiger charge is 2.24. The Balaban J connectivity index is 1.97. The van der Waals surface area contributed by atoms with Crippen LogP contribution in [0.3, 0.4) is 0 Å². The molecule has 0 N–H and O–H groups in total. The summed E-state index contributed by atoms with van der Waals surface area (Å²) in [5.41, 5.74) is 2.51. The molecule has 0 bridgehead atoms. The average Bonchev–Trinajstić information content (AvgIpc) is 2.52. The van der Waals surface area contributed by atoms with Crippen LogP contribution in [0.1, 0.15) is 17.2 Å². The van der Waals surface area contributed by atoms with Gasteiger partial charge in [0.1, 0.15) is 0 Å². The maximum Gasteiger partial charge on any atom is 0.0602 e. The molecule has 1 aliphatic rings. The molecule has 1 aliphatic heterocycles. The minimum absolute atomic E-state index is 0.232. The summed E-state index contributed by atoms with van der Waals surface area (Å²) in [6, 6.07) is 16.5. The van der Waals surface area contributed by atoms with Crippen LogP contribution >= 0.6 is 23.2 Å². The van der Waals surface area contributed by atoms with Crippen molar-refractivity contribution in [2.24, 2.45) is 0 Å². The molecule has 0 aromatic heterocycles. The number of rotatable bonds is 3. The number of piperazine rings is 1. The zero-order valence-electron chi connectivity index (χ0n) is 11.7. The molecule has 0 atom stereocenters. The van der Waals surface area contributed by atoms with Gasteiger partial charge >= 0.3 is 0 Å². The highest BCUT2D eigenvalue weighted by Crippen LogP contribution is 2.30. The van der Waals surface area contributed by atoms with Gasteiger partial charge < -0.3 is 0 Å². The highest BCUT2D eigenvalue weighted by molar-refractivity contribution is 6.30. The van der Waals surface area contributed by atoms with Crippen molar-refractivity contribution in [3.05, 3.63) is 69.7 Å². The van der Waals surface area contributed by atoms with Crippen LogP contribution in [0.5, 0.6) is 0 Å². The Morgan fingerprint density at radius 2 is 1.19 bits per heavy atom. The summed E-state index contributed by atoms with van der Waals surface area (Å²) in [5.74, 6) is 0. The Morgan fingerprint density at radius 3 is 1.62 bits per heavy atom. The van der Waals surface area contributed by atoms with Crippen LogP contribution in [-0.2, 0) is 0 Å². The van der Waals surface area contributed by atoms with Crippen LogP contribution < -0.4 is 5.32 Å². The normalized spacial score (nSPS) is 16.3. The molecule has 109 valence electrons. The third kappa shape index (κ3) is 3.58. The molecule has 1 fully saturated rings. The van der Waals surface area contributed by atoms with Crippen molar-refractivity contribution < 1.29 is 0 Å². The van der Waals surface area contributed by atoms with Crippen molar-refractivity contribution in [1.29, 1.82) is 0 Å². The summed E-state index contributed by atoms with van der Waals surface area (Å²) >= 11 is 12.0. The van der Waals surface area contributed by atoms with Gasteiger partial charge in [-0.3, -0.25) is 4.90 Å². The van der Waals surface area contributed by atoms with Crippen LogP contribution in [0.4, 0.5) is 0 Å². The molecule has 2 aromatic carbocycles. The first-order valence-electron chi connectivity index (χ1n) is 7.12. The van der Waals surface area contributed by atoms with Crippen molar-refractivity contribution in [2.45, 2.75) is 6.04 Å². The summed E-state index contributed by atoms with van der Waals surface area (Å²) in [7, 11) is 0. The fourth-order valence-electron chi connectivity index (χ4n) is 2.78. The minimum atomic E-state index is 0.232. The van der Waals surface area contributed by atoms with Gasteiger partial charge in [-0.1, -0.05) is 47.5 Å². The van der Waals surface area contributed by atoms with Crippen molar-refractivity contribution >= 4 is 23.2 Å². The molecule has 21 heavy (non-hydrogen) atoms. The number of hydrogen-bond acceptors (Lipinski definition) is 1. The van der Waals surface area contributed by atoms with Gasteiger partial charge in [0, 0.05) is 36.2 Å². The van der Waals surface area contributed by atoms with E-state index in [4.69, 9.17) is 23.2 Å². The zero-order valence-corrected chi connectivity index (χ0v) is 13.2. The lowest BCUT2D eigenvalue weighted by Crippen LogP contribution is -2.42. The standard InChI is InChI=1S/C17H17Cl2N2/c18-15-5-1-13(2-6-15)17(21-11-9-20-10-12-21)14-3-7-16(19)8-4-14/h1-8,17H,9-12H2. The maximum absolute atomic E-state index is 6.02. The van der Waals surface area contributed by atoms with E-state index in [0.717, 1.165) is 36.2 Å². The first-order valence-corrected chi connectivity index (χ1v) is 7.88. The quantitative estimate of drug-likeness (QED) is 0.835. The van der Waals surface area contributed by atoms with E-state index < -0.39 is 0 Å². The molecule has 3 rings (SSSR count). The third-order valence-electron chi connectivity index (χ3n) is 3.83. The lowest BCUT2D eigenvalue weighted by molar-refractivity contribution is 0.196. The first kappa shape index (κ1) is 14.9. The van der Waals surface area contributed by atoms with Crippen molar-refractivity contribution in [3.63, 3.8) is 0 Å². The van der Waals surface area contributed by atoms with Gasteiger partial charge in [0.25, 0.3) is 0 Å². The predicted octanol–water partition coefficient (Wildman–Crippen LogP) is 4.00. The number of halogens is 2. The van der Waals surface area contributed by atoms with Crippen LogP contribution in [0, 0.1) is 0 Å². The van der Waals surface area contributed by atoms with Gasteiger partial charge in [0.2, 0.25) is 0 Å². The summed E-state index contributed by atoms with van der Waals surface area (Å²) in [6.45, 7) is 3.77. The van der Waals surface area contributed by atoms with E-state index in [1.807, 2.05) is 24.3 Å². The summed E-state index contributed by atoms with van der Waals surface area (Å²) < 4.78 is 0. The fourth-order valence-corrected chi connectivity index (χ4v) is 3.04. The molecule has 0 spiro atoms. The SMILES string of the molecule is Clc1ccc(C(c2ccc(Cl)cc2)N2CC[N]CC2)cc1. The fraction of sp³-hybridized carbons (Fsp3) is 0.294. The second-order valence-electron chi connectivity index (χ2n) is 5.21. The predicted molar refractivity (Wildman–Crippen MR) is 88.2 cm³/mol. The number of nitrogens with zero attached hydrogens (tertiary/aromatic N) is 2. The second kappa shape index (κ2) is 6.80. The van der Waals surface area contributed by atoms with Gasteiger partial charge in [-0.25, -0.2) is 5.32 Å². The van der Waals surface area contributed by atoms with Gasteiger partial charge in [0.15, 0.2) is 0 Å². The molecule has 4 heteroatoms. The molecule has 0 saturated carbocycles. The number of hydrogen-bond donors (Lipinski definition) is 0. The van der Waals surface area contributed by atoms with Crippen molar-refractivity contribution in [2.75, 3.05) is 26.2 Å². The third-order valence-corrected chi connectivity index (χ3v) is 4.33. The van der Waals surface area contributed by atoms with Crippen molar-refractivity contribution in [1.82, 2.24) is 10.2 Å². The van der Waals surface area contributed by atoms with Crippen LogP contribution in [0.2, 0.25) is 10.0 Å². The maximum atomic E-state index is 6.02. The molecule has 1 radical (unpaired) electrons. The first-order chi connectivity index (χ1) is 10.2. The van der Waals surface area contributed by atoms with Gasteiger partial charge in [-0.2, -0.15) is 0 Å². The van der Waals surface area contributed by atoms with Gasteiger partial charge in [-0.05, 0) is 35.4 Å². The van der Waals surface area contributed by atoms with E-state index >= 15 is 0 Å². The van der Waals surface area contributed by atoms with E-state index in [-0.39, 0.29) is 6.04 Å². The summed E-state index contributed by atoms with van der Waals surface area (Å²) in [5, 5.41) is 5.97. The Morgan fingerprint density at radius 1 is 0.762 bits per heavy atom. The molecule has 1 heterocycles. The van der Waals surface area contributed by atoms with E-state index in [1.165, 1.54) is 11.1 Å². The Kier molecular flexibility index (Phi) is 4.81. The Hall–Kier alpha value is -1.06. The molecule has 0 aliphatic carbocycles. The number of benzene rings is 2. The van der Waals surface area contributed by atoms with Crippen molar-refractivity contribution in [3.8, 4) is 0 Å². The molecule has 2 aromatic rings. The Labute approximate surface area is 135 Å². The highest BCUT2D eigenvalue weighted by atomic mass is 35.5. The van der Waals surface area contributed by atoms with E-state index in [9.17, 15) is 0 Å². The summed E-state index contributed by atoms with van der Waals surface area (Å²) in [4.78, 5) is 2.47. The summed E-state index contributed by atoms with van der Waals surface area (Å²) in [6.07, 6.45) is 0. The monoisotopic (exact) mass is 319 g/mol. The van der Waals surface area contributed by atoms with Gasteiger partial charge in [-0.15, -0.1) is 0 Å². The molecule has 2 nitrogen and oxygen atoms in total. The molecule has 0 unspecified atom stereocenters. The topological polar surface area (TPSA) is 17.3 Å². The van der Waals surface area contributed by atoms with E-state index in [0.29, 0.717) is 0 Å². The lowest BCUT2D eigenvalue weighted by atomic mass is 9.96. The van der Waals surface area contributed by atoms with Crippen LogP contribution in [0.15, 0.2) is 48.5 Å². The smallest absolute Gasteiger partial charge is 0.0602 e. The largest absolute Gasteiger partial charge is 0.290 e. The molecular weight excluding hydrogens is 303 g/mol.